The molecule has 1 aromatic carbocycles. The van der Waals surface area contributed by atoms with Crippen LogP contribution in [-0.2, 0) is 4.79 Å². The van der Waals surface area contributed by atoms with Crippen LogP contribution in [0.3, 0.4) is 0 Å². The molecular formula is C24H28O2. The maximum Gasteiger partial charge on any atom is 0.189 e. The van der Waals surface area contributed by atoms with Crippen molar-refractivity contribution in [3.8, 4) is 0 Å². The summed E-state index contributed by atoms with van der Waals surface area (Å²) in [6.07, 6.45) is 14.0. The number of allylic oxidation sites excluding steroid dienone is 8. The zero-order chi connectivity index (χ0) is 18.9. The van der Waals surface area contributed by atoms with Crippen molar-refractivity contribution >= 4 is 11.9 Å². The average molecular weight is 348 g/mol. The number of rotatable bonds is 7. The normalized spacial score (nSPS) is 17.2. The van der Waals surface area contributed by atoms with E-state index in [0.717, 1.165) is 24.8 Å². The van der Waals surface area contributed by atoms with Crippen LogP contribution in [-0.4, -0.2) is 10.9 Å². The molecule has 2 heteroatoms. The summed E-state index contributed by atoms with van der Waals surface area (Å²) in [6, 6.07) is 9.88. The fourth-order valence-electron chi connectivity index (χ4n) is 2.78. The Labute approximate surface area is 157 Å². The molecule has 1 unspecified atom stereocenters. The van der Waals surface area contributed by atoms with Crippen LogP contribution in [0.15, 0.2) is 83.2 Å². The van der Waals surface area contributed by atoms with Crippen LogP contribution in [0.5, 0.6) is 0 Å². The zero-order valence-corrected chi connectivity index (χ0v) is 15.9. The van der Waals surface area contributed by atoms with Crippen LogP contribution in [0, 0.1) is 5.92 Å². The minimum atomic E-state index is -0.130. The van der Waals surface area contributed by atoms with E-state index in [4.69, 9.17) is 0 Å². The summed E-state index contributed by atoms with van der Waals surface area (Å²) in [5, 5.41) is 10.3. The van der Waals surface area contributed by atoms with E-state index in [0.29, 0.717) is 17.1 Å². The number of ketones is 1. The summed E-state index contributed by atoms with van der Waals surface area (Å²) < 4.78 is 0. The molecule has 1 atom stereocenters. The van der Waals surface area contributed by atoms with Crippen molar-refractivity contribution in [2.24, 2.45) is 5.92 Å². The van der Waals surface area contributed by atoms with Crippen molar-refractivity contribution in [3.63, 3.8) is 0 Å². The minimum Gasteiger partial charge on any atom is -0.507 e. The molecule has 2 rings (SSSR count). The lowest BCUT2D eigenvalue weighted by molar-refractivity contribution is -0.111. The van der Waals surface area contributed by atoms with Crippen LogP contribution in [0.4, 0.5) is 0 Å². The quantitative estimate of drug-likeness (QED) is 0.460. The number of aliphatic hydroxyl groups is 1. The maximum atomic E-state index is 12.4. The van der Waals surface area contributed by atoms with E-state index >= 15 is 0 Å². The smallest absolute Gasteiger partial charge is 0.189 e. The number of benzene rings is 1. The number of aliphatic hydroxyl groups excluding tert-OH is 1. The fourth-order valence-corrected chi connectivity index (χ4v) is 2.78. The monoisotopic (exact) mass is 348 g/mol. The van der Waals surface area contributed by atoms with Gasteiger partial charge in [-0.15, -0.1) is 0 Å². The summed E-state index contributed by atoms with van der Waals surface area (Å²) in [7, 11) is 0. The second-order valence-electron chi connectivity index (χ2n) is 7.10. The first-order valence-corrected chi connectivity index (χ1v) is 9.19. The Morgan fingerprint density at radius 2 is 1.85 bits per heavy atom. The molecule has 0 bridgehead atoms. The van der Waals surface area contributed by atoms with Gasteiger partial charge in [0.25, 0.3) is 0 Å². The molecule has 0 fully saturated rings. The molecule has 1 aromatic rings. The first-order valence-electron chi connectivity index (χ1n) is 9.19. The lowest BCUT2D eigenvalue weighted by atomic mass is 9.94. The van der Waals surface area contributed by atoms with Gasteiger partial charge in [0, 0.05) is 0 Å². The highest BCUT2D eigenvalue weighted by Crippen LogP contribution is 2.22. The molecule has 0 saturated carbocycles. The Morgan fingerprint density at radius 3 is 2.50 bits per heavy atom. The van der Waals surface area contributed by atoms with Gasteiger partial charge in [-0.3, -0.25) is 4.79 Å². The van der Waals surface area contributed by atoms with Gasteiger partial charge in [-0.25, -0.2) is 0 Å². The fraction of sp³-hybridized carbons (Fsp3) is 0.292. The molecule has 0 aromatic heterocycles. The molecular weight excluding hydrogens is 320 g/mol. The third-order valence-corrected chi connectivity index (χ3v) is 4.35. The Balaban J connectivity index is 1.98. The van der Waals surface area contributed by atoms with Crippen molar-refractivity contribution in [1.82, 2.24) is 0 Å². The first kappa shape index (κ1) is 19.7. The largest absolute Gasteiger partial charge is 0.507 e. The number of hydrogen-bond donors (Lipinski definition) is 1. The van der Waals surface area contributed by atoms with Crippen molar-refractivity contribution in [1.29, 1.82) is 0 Å². The molecule has 0 spiro atoms. The van der Waals surface area contributed by atoms with Gasteiger partial charge in [0.15, 0.2) is 5.78 Å². The number of carbonyl (C=O) groups is 1. The third kappa shape index (κ3) is 6.36. The Morgan fingerprint density at radius 1 is 1.12 bits per heavy atom. The van der Waals surface area contributed by atoms with Gasteiger partial charge in [-0.1, -0.05) is 67.1 Å². The molecule has 1 aliphatic carbocycles. The number of hydrogen-bond acceptors (Lipinski definition) is 2. The molecule has 0 saturated heterocycles. The standard InChI is InChI=1S/C24H28O2/c1-18(2)8-7-9-19(3)12-15-22-23(25)16-21(17-24(22)26)14-13-20-10-5-4-6-11-20/h4-6,8,10-11,13-17,19,25H,7,9,12H2,1-3H3/b14-13+,22-15+. The van der Waals surface area contributed by atoms with Gasteiger partial charge in [-0.2, -0.15) is 0 Å². The molecule has 1 aliphatic rings. The summed E-state index contributed by atoms with van der Waals surface area (Å²) in [4.78, 5) is 12.4. The van der Waals surface area contributed by atoms with E-state index in [1.807, 2.05) is 48.6 Å². The van der Waals surface area contributed by atoms with Crippen molar-refractivity contribution in [2.45, 2.75) is 40.0 Å². The Kier molecular flexibility index (Phi) is 7.40. The van der Waals surface area contributed by atoms with Gasteiger partial charge < -0.3 is 5.11 Å². The van der Waals surface area contributed by atoms with Crippen molar-refractivity contribution in [2.75, 3.05) is 0 Å². The molecule has 2 nitrogen and oxygen atoms in total. The zero-order valence-electron chi connectivity index (χ0n) is 15.9. The minimum absolute atomic E-state index is 0.0571. The summed E-state index contributed by atoms with van der Waals surface area (Å²) in [5.41, 5.74) is 3.51. The van der Waals surface area contributed by atoms with Gasteiger partial charge in [-0.05, 0) is 62.3 Å². The third-order valence-electron chi connectivity index (χ3n) is 4.35. The lowest BCUT2D eigenvalue weighted by Gasteiger charge is -2.12. The highest BCUT2D eigenvalue weighted by molar-refractivity contribution is 6.09. The van der Waals surface area contributed by atoms with E-state index in [1.165, 1.54) is 5.57 Å². The summed E-state index contributed by atoms with van der Waals surface area (Å²) in [5.74, 6) is 0.401. The average Bonchev–Trinajstić information content (AvgIpc) is 2.60. The van der Waals surface area contributed by atoms with Gasteiger partial charge in [0.2, 0.25) is 0 Å². The SMILES string of the molecule is CC(C)=CCCC(C)C/C=C1/C(=O)C=C(/C=C/c2ccccc2)C=C1O. The van der Waals surface area contributed by atoms with Gasteiger partial charge in [0.1, 0.15) is 5.76 Å². The second kappa shape index (κ2) is 9.76. The summed E-state index contributed by atoms with van der Waals surface area (Å²) >= 11 is 0. The highest BCUT2D eigenvalue weighted by atomic mass is 16.3. The maximum absolute atomic E-state index is 12.4. The molecule has 0 amide bonds. The first-order chi connectivity index (χ1) is 12.5. The lowest BCUT2D eigenvalue weighted by Crippen LogP contribution is -2.08. The van der Waals surface area contributed by atoms with Crippen LogP contribution in [0.25, 0.3) is 6.08 Å². The summed E-state index contributed by atoms with van der Waals surface area (Å²) in [6.45, 7) is 6.38. The van der Waals surface area contributed by atoms with E-state index in [1.54, 1.807) is 12.2 Å². The molecule has 0 heterocycles. The van der Waals surface area contributed by atoms with Crippen LogP contribution in [0.1, 0.15) is 45.6 Å². The van der Waals surface area contributed by atoms with E-state index in [9.17, 15) is 9.90 Å². The molecule has 26 heavy (non-hydrogen) atoms. The van der Waals surface area contributed by atoms with Crippen molar-refractivity contribution < 1.29 is 9.90 Å². The van der Waals surface area contributed by atoms with Gasteiger partial charge >= 0.3 is 0 Å². The van der Waals surface area contributed by atoms with Gasteiger partial charge in [0.05, 0.1) is 5.57 Å². The molecule has 1 N–H and O–H groups in total. The molecule has 0 radical (unpaired) electrons. The number of carbonyl (C=O) groups excluding carboxylic acids is 1. The Bertz CT molecular complexity index is 770. The topological polar surface area (TPSA) is 37.3 Å². The second-order valence-corrected chi connectivity index (χ2v) is 7.10. The van der Waals surface area contributed by atoms with Crippen LogP contribution >= 0.6 is 0 Å². The van der Waals surface area contributed by atoms with Crippen LogP contribution in [0.2, 0.25) is 0 Å². The molecule has 0 aliphatic heterocycles. The van der Waals surface area contributed by atoms with Crippen molar-refractivity contribution in [3.05, 3.63) is 88.8 Å². The van der Waals surface area contributed by atoms with E-state index < -0.39 is 0 Å². The predicted octanol–water partition coefficient (Wildman–Crippen LogP) is 6.35. The highest BCUT2D eigenvalue weighted by Gasteiger charge is 2.17. The van der Waals surface area contributed by atoms with Crippen LogP contribution < -0.4 is 0 Å². The van der Waals surface area contributed by atoms with E-state index in [2.05, 4.69) is 26.8 Å². The molecule has 136 valence electrons. The van der Waals surface area contributed by atoms with E-state index in [-0.39, 0.29) is 11.5 Å². The Hall–Kier alpha value is -2.61. The predicted molar refractivity (Wildman–Crippen MR) is 110 cm³/mol.